The van der Waals surface area contributed by atoms with Crippen LogP contribution in [0.2, 0.25) is 0 Å². The Morgan fingerprint density at radius 2 is 2.12 bits per heavy atom. The van der Waals surface area contributed by atoms with Crippen LogP contribution in [0.4, 0.5) is 0 Å². The third-order valence-electron chi connectivity index (χ3n) is 4.32. The molecule has 25 heavy (non-hydrogen) atoms. The number of pyridine rings is 2. The van der Waals surface area contributed by atoms with E-state index in [2.05, 4.69) is 9.97 Å². The van der Waals surface area contributed by atoms with E-state index in [9.17, 15) is 9.90 Å². The highest BCUT2D eigenvalue weighted by Gasteiger charge is 2.19. The Bertz CT molecular complexity index is 802. The molecule has 0 saturated heterocycles. The van der Waals surface area contributed by atoms with Gasteiger partial charge in [-0.2, -0.15) is 0 Å². The molecule has 1 N–H and O–H groups in total. The van der Waals surface area contributed by atoms with Crippen molar-refractivity contribution in [3.8, 4) is 17.4 Å². The molecule has 1 aliphatic carbocycles. The van der Waals surface area contributed by atoms with Crippen molar-refractivity contribution < 1.29 is 19.4 Å². The van der Waals surface area contributed by atoms with Crippen molar-refractivity contribution in [1.82, 2.24) is 9.97 Å². The molecule has 0 fully saturated rings. The minimum atomic E-state index is -0.181. The molecule has 6 heteroatoms. The summed E-state index contributed by atoms with van der Waals surface area (Å²) in [6, 6.07) is 3.89. The molecule has 6 nitrogen and oxygen atoms in total. The molecule has 130 valence electrons. The summed E-state index contributed by atoms with van der Waals surface area (Å²) in [6.07, 6.45) is 8.98. The van der Waals surface area contributed by atoms with Gasteiger partial charge in [-0.25, -0.2) is 4.98 Å². The van der Waals surface area contributed by atoms with E-state index in [1.807, 2.05) is 12.1 Å². The number of nitrogens with zero attached hydrogens (tertiary/aromatic N) is 2. The Hall–Kier alpha value is -2.89. The number of ether oxygens (including phenoxy) is 2. The van der Waals surface area contributed by atoms with Gasteiger partial charge in [0.2, 0.25) is 5.88 Å². The van der Waals surface area contributed by atoms with Crippen molar-refractivity contribution in [2.24, 2.45) is 0 Å². The zero-order chi connectivity index (χ0) is 17.6. The van der Waals surface area contributed by atoms with Gasteiger partial charge in [0.05, 0.1) is 19.5 Å². The zero-order valence-electron chi connectivity index (χ0n) is 14.1. The molecular weight excluding hydrogens is 320 g/mol. The van der Waals surface area contributed by atoms with E-state index >= 15 is 0 Å². The standard InChI is InChI=1S/C19H20N2O4/c1-24-19-15(7-4-8-21-19)14-6-3-2-5-13(14)12-25-18-10-20-9-17(23)16(18)11-22/h4,7-11,23H,2-3,5-6,12H2,1H3. The van der Waals surface area contributed by atoms with Crippen LogP contribution < -0.4 is 9.47 Å². The van der Waals surface area contributed by atoms with Crippen LogP contribution in [0.15, 0.2) is 36.3 Å². The first-order chi connectivity index (χ1) is 12.2. The Morgan fingerprint density at radius 1 is 1.28 bits per heavy atom. The van der Waals surface area contributed by atoms with Gasteiger partial charge in [-0.05, 0) is 49.0 Å². The average Bonchev–Trinajstić information content (AvgIpc) is 2.66. The Kier molecular flexibility index (Phi) is 5.28. The van der Waals surface area contributed by atoms with Crippen LogP contribution in [0.3, 0.4) is 0 Å². The largest absolute Gasteiger partial charge is 0.505 e. The predicted molar refractivity (Wildman–Crippen MR) is 93.0 cm³/mol. The second kappa shape index (κ2) is 7.79. The lowest BCUT2D eigenvalue weighted by atomic mass is 9.88. The van der Waals surface area contributed by atoms with Gasteiger partial charge in [-0.1, -0.05) is 0 Å². The van der Waals surface area contributed by atoms with Crippen molar-refractivity contribution in [2.45, 2.75) is 25.7 Å². The third kappa shape index (κ3) is 3.63. The molecule has 0 radical (unpaired) electrons. The van der Waals surface area contributed by atoms with Gasteiger partial charge in [-0.3, -0.25) is 9.78 Å². The SMILES string of the molecule is COc1ncccc1C1=C(COc2cncc(O)c2C=O)CCCC1. The van der Waals surface area contributed by atoms with E-state index in [0.717, 1.165) is 36.8 Å². The molecule has 0 aliphatic heterocycles. The average molecular weight is 340 g/mol. The second-order valence-electron chi connectivity index (χ2n) is 5.83. The number of carbonyl (C=O) groups is 1. The van der Waals surface area contributed by atoms with Crippen LogP contribution in [0.1, 0.15) is 41.6 Å². The van der Waals surface area contributed by atoms with Gasteiger partial charge in [0, 0.05) is 11.8 Å². The molecule has 2 heterocycles. The highest BCUT2D eigenvalue weighted by atomic mass is 16.5. The van der Waals surface area contributed by atoms with Crippen molar-refractivity contribution in [3.05, 3.63) is 47.4 Å². The molecule has 3 rings (SSSR count). The van der Waals surface area contributed by atoms with Gasteiger partial charge in [0.15, 0.2) is 12.0 Å². The number of hydrogen-bond donors (Lipinski definition) is 1. The summed E-state index contributed by atoms with van der Waals surface area (Å²) in [5.74, 6) is 0.703. The first-order valence-electron chi connectivity index (χ1n) is 8.19. The number of carbonyl (C=O) groups excluding carboxylic acids is 1. The lowest BCUT2D eigenvalue weighted by molar-refractivity contribution is 0.111. The van der Waals surface area contributed by atoms with Crippen LogP contribution in [-0.4, -0.2) is 35.1 Å². The zero-order valence-corrected chi connectivity index (χ0v) is 14.1. The van der Waals surface area contributed by atoms with Crippen LogP contribution in [0, 0.1) is 0 Å². The summed E-state index contributed by atoms with van der Waals surface area (Å²) < 4.78 is 11.2. The number of hydrogen-bond acceptors (Lipinski definition) is 6. The number of rotatable bonds is 6. The maximum absolute atomic E-state index is 11.2. The first-order valence-corrected chi connectivity index (χ1v) is 8.19. The Labute approximate surface area is 146 Å². The van der Waals surface area contributed by atoms with E-state index in [4.69, 9.17) is 9.47 Å². The topological polar surface area (TPSA) is 81.5 Å². The number of methoxy groups -OCH3 is 1. The van der Waals surface area contributed by atoms with E-state index in [0.29, 0.717) is 18.8 Å². The molecular formula is C19H20N2O4. The molecule has 0 bridgehead atoms. The summed E-state index contributed by atoms with van der Waals surface area (Å²) in [7, 11) is 1.61. The van der Waals surface area contributed by atoms with Crippen LogP contribution in [-0.2, 0) is 0 Å². The number of allylic oxidation sites excluding steroid dienone is 1. The van der Waals surface area contributed by atoms with E-state index in [1.165, 1.54) is 18.0 Å². The molecule has 0 unspecified atom stereocenters. The number of aromatic hydroxyl groups is 1. The van der Waals surface area contributed by atoms with Gasteiger partial charge in [0.1, 0.15) is 17.9 Å². The summed E-state index contributed by atoms with van der Waals surface area (Å²) in [4.78, 5) is 19.3. The van der Waals surface area contributed by atoms with Crippen molar-refractivity contribution in [1.29, 1.82) is 0 Å². The summed E-state index contributed by atoms with van der Waals surface area (Å²) >= 11 is 0. The minimum Gasteiger partial charge on any atom is -0.505 e. The van der Waals surface area contributed by atoms with Gasteiger partial charge < -0.3 is 14.6 Å². The second-order valence-corrected chi connectivity index (χ2v) is 5.83. The highest BCUT2D eigenvalue weighted by Crippen LogP contribution is 2.36. The Morgan fingerprint density at radius 3 is 2.92 bits per heavy atom. The molecule has 0 aromatic carbocycles. The summed E-state index contributed by atoms with van der Waals surface area (Å²) in [6.45, 7) is 0.333. The summed E-state index contributed by atoms with van der Waals surface area (Å²) in [5, 5.41) is 9.72. The lowest BCUT2D eigenvalue weighted by Gasteiger charge is -2.22. The number of aromatic nitrogens is 2. The third-order valence-corrected chi connectivity index (χ3v) is 4.32. The molecule has 0 atom stereocenters. The Balaban J connectivity index is 1.90. The lowest BCUT2D eigenvalue weighted by Crippen LogP contribution is -2.10. The van der Waals surface area contributed by atoms with Crippen molar-refractivity contribution >= 4 is 11.9 Å². The van der Waals surface area contributed by atoms with E-state index in [-0.39, 0.29) is 17.1 Å². The number of aldehydes is 1. The van der Waals surface area contributed by atoms with Crippen LogP contribution in [0.5, 0.6) is 17.4 Å². The molecule has 0 amide bonds. The predicted octanol–water partition coefficient (Wildman–Crippen LogP) is 3.41. The normalized spacial score (nSPS) is 14.3. The fourth-order valence-corrected chi connectivity index (χ4v) is 3.07. The smallest absolute Gasteiger partial charge is 0.220 e. The maximum atomic E-state index is 11.2. The van der Waals surface area contributed by atoms with Crippen LogP contribution in [0.25, 0.3) is 5.57 Å². The molecule has 1 aliphatic rings. The highest BCUT2D eigenvalue weighted by molar-refractivity contribution is 5.83. The van der Waals surface area contributed by atoms with Crippen molar-refractivity contribution in [2.75, 3.05) is 13.7 Å². The summed E-state index contributed by atoms with van der Waals surface area (Å²) in [5.41, 5.74) is 3.43. The van der Waals surface area contributed by atoms with E-state index in [1.54, 1.807) is 13.3 Å². The van der Waals surface area contributed by atoms with Crippen molar-refractivity contribution in [3.63, 3.8) is 0 Å². The monoisotopic (exact) mass is 340 g/mol. The maximum Gasteiger partial charge on any atom is 0.220 e. The molecule has 0 saturated carbocycles. The fourth-order valence-electron chi connectivity index (χ4n) is 3.07. The quantitative estimate of drug-likeness (QED) is 0.812. The fraction of sp³-hybridized carbons (Fsp3) is 0.316. The van der Waals surface area contributed by atoms with E-state index < -0.39 is 0 Å². The minimum absolute atomic E-state index is 0.118. The first kappa shape index (κ1) is 17.0. The molecule has 0 spiro atoms. The van der Waals surface area contributed by atoms with Gasteiger partial charge in [0.25, 0.3) is 0 Å². The van der Waals surface area contributed by atoms with Gasteiger partial charge >= 0.3 is 0 Å². The molecule has 2 aromatic heterocycles. The molecule has 2 aromatic rings. The van der Waals surface area contributed by atoms with Crippen LogP contribution >= 0.6 is 0 Å². The van der Waals surface area contributed by atoms with Gasteiger partial charge in [-0.15, -0.1) is 0 Å².